The highest BCUT2D eigenvalue weighted by molar-refractivity contribution is 5.79. The minimum absolute atomic E-state index is 0.0321. The van der Waals surface area contributed by atoms with Crippen LogP contribution in [0.5, 0.6) is 0 Å². The quantitative estimate of drug-likeness (QED) is 0.811. The van der Waals surface area contributed by atoms with E-state index in [1.807, 2.05) is 0 Å². The molecule has 1 spiro atoms. The first-order chi connectivity index (χ1) is 10.8. The molecule has 1 aromatic heterocycles. The predicted molar refractivity (Wildman–Crippen MR) is 80.1 cm³/mol. The molecule has 22 heavy (non-hydrogen) atoms. The molecule has 1 fully saturated rings. The number of hydrogen-bond acceptors (Lipinski definition) is 4. The number of ether oxygens (including phenoxy) is 1. The zero-order valence-electron chi connectivity index (χ0n) is 12.4. The molecule has 5 heteroatoms. The fourth-order valence-corrected chi connectivity index (χ4v) is 3.83. The van der Waals surface area contributed by atoms with Crippen molar-refractivity contribution in [3.05, 3.63) is 48.0 Å². The largest absolute Gasteiger partial charge is 0.463 e. The zero-order valence-corrected chi connectivity index (χ0v) is 12.4. The summed E-state index contributed by atoms with van der Waals surface area (Å²) in [6.07, 6.45) is 7.45. The van der Waals surface area contributed by atoms with Crippen molar-refractivity contribution in [1.82, 2.24) is 14.8 Å². The first-order valence-electron chi connectivity index (χ1n) is 7.87. The first-order valence-corrected chi connectivity index (χ1v) is 7.87. The van der Waals surface area contributed by atoms with Crippen LogP contribution in [0.1, 0.15) is 30.4 Å². The van der Waals surface area contributed by atoms with Crippen molar-refractivity contribution in [1.29, 1.82) is 0 Å². The molecule has 2 aromatic rings. The fraction of sp³-hybridized carbons (Fsp3) is 0.471. The Hall–Kier alpha value is -2.17. The normalized spacial score (nSPS) is 25.7. The summed E-state index contributed by atoms with van der Waals surface area (Å²) in [4.78, 5) is 16.2. The number of nitrogens with zero attached hydrogens (tertiary/aromatic N) is 3. The van der Waals surface area contributed by atoms with Gasteiger partial charge in [0.15, 0.2) is 0 Å². The van der Waals surface area contributed by atoms with Crippen LogP contribution in [-0.2, 0) is 27.9 Å². The number of aromatic nitrogens is 3. The van der Waals surface area contributed by atoms with Gasteiger partial charge in [-0.25, -0.2) is 9.67 Å². The van der Waals surface area contributed by atoms with Gasteiger partial charge in [0.2, 0.25) is 0 Å². The lowest BCUT2D eigenvalue weighted by Crippen LogP contribution is -2.23. The second-order valence-electron chi connectivity index (χ2n) is 6.25. The molecule has 0 N–H and O–H groups in total. The van der Waals surface area contributed by atoms with E-state index < -0.39 is 0 Å². The Balaban J connectivity index is 1.40. The van der Waals surface area contributed by atoms with Crippen LogP contribution >= 0.6 is 0 Å². The van der Waals surface area contributed by atoms with E-state index in [9.17, 15) is 4.79 Å². The lowest BCUT2D eigenvalue weighted by Gasteiger charge is -2.26. The Bertz CT molecular complexity index is 683. The van der Waals surface area contributed by atoms with Crippen molar-refractivity contribution in [3.63, 3.8) is 0 Å². The third-order valence-electron chi connectivity index (χ3n) is 5.01. The summed E-state index contributed by atoms with van der Waals surface area (Å²) in [5, 5.41) is 4.00. The van der Waals surface area contributed by atoms with Gasteiger partial charge in [-0.05, 0) is 36.8 Å². The molecule has 1 aromatic carbocycles. The average Bonchev–Trinajstić information content (AvgIpc) is 3.02. The highest BCUT2D eigenvalue weighted by atomic mass is 16.5. The molecule has 0 radical (unpaired) electrons. The second-order valence-corrected chi connectivity index (χ2v) is 6.25. The Labute approximate surface area is 129 Å². The molecule has 1 heterocycles. The average molecular weight is 297 g/mol. The number of fused-ring (bicyclic) bond motifs is 2. The number of carbonyl (C=O) groups excluding carboxylic acids is 1. The molecule has 5 nitrogen and oxygen atoms in total. The third kappa shape index (κ3) is 2.21. The van der Waals surface area contributed by atoms with E-state index in [-0.39, 0.29) is 17.3 Å². The molecule has 0 aliphatic heterocycles. The van der Waals surface area contributed by atoms with E-state index in [1.165, 1.54) is 23.9 Å². The van der Waals surface area contributed by atoms with Crippen LogP contribution in [-0.4, -0.2) is 27.3 Å². The molecule has 0 unspecified atom stereocenters. The minimum atomic E-state index is -0.0585. The summed E-state index contributed by atoms with van der Waals surface area (Å²) in [5.74, 6) is -0.0264. The molecule has 114 valence electrons. The SMILES string of the molecule is O=C(OCCn1cncn1)[C@@H]1C[C@@]12CCCc1ccccc12. The number of esters is 1. The summed E-state index contributed by atoms with van der Waals surface area (Å²) >= 11 is 0. The van der Waals surface area contributed by atoms with Gasteiger partial charge in [-0.3, -0.25) is 4.79 Å². The molecule has 2 atom stereocenters. The Morgan fingerprint density at radius 3 is 3.18 bits per heavy atom. The van der Waals surface area contributed by atoms with Gasteiger partial charge in [-0.15, -0.1) is 0 Å². The van der Waals surface area contributed by atoms with Crippen molar-refractivity contribution >= 4 is 5.97 Å². The van der Waals surface area contributed by atoms with E-state index in [4.69, 9.17) is 4.74 Å². The van der Waals surface area contributed by atoms with Crippen LogP contribution in [0.15, 0.2) is 36.9 Å². The fourth-order valence-electron chi connectivity index (χ4n) is 3.83. The van der Waals surface area contributed by atoms with E-state index in [1.54, 1.807) is 11.0 Å². The topological polar surface area (TPSA) is 57.0 Å². The maximum absolute atomic E-state index is 12.3. The molecule has 0 saturated heterocycles. The van der Waals surface area contributed by atoms with Gasteiger partial charge in [0.1, 0.15) is 19.3 Å². The lowest BCUT2D eigenvalue weighted by atomic mass is 9.79. The summed E-state index contributed by atoms with van der Waals surface area (Å²) in [5.41, 5.74) is 2.84. The molecule has 2 aliphatic rings. The first kappa shape index (κ1) is 13.5. The molecule has 1 saturated carbocycles. The van der Waals surface area contributed by atoms with Gasteiger partial charge in [0, 0.05) is 5.41 Å². The van der Waals surface area contributed by atoms with Crippen molar-refractivity contribution in [3.8, 4) is 0 Å². The monoisotopic (exact) mass is 297 g/mol. The third-order valence-corrected chi connectivity index (χ3v) is 5.01. The highest BCUT2D eigenvalue weighted by Crippen LogP contribution is 2.60. The van der Waals surface area contributed by atoms with Crippen molar-refractivity contribution in [2.24, 2.45) is 5.92 Å². The molecule has 4 rings (SSSR count). The van der Waals surface area contributed by atoms with E-state index in [0.717, 1.165) is 19.3 Å². The van der Waals surface area contributed by atoms with Gasteiger partial charge < -0.3 is 4.74 Å². The summed E-state index contributed by atoms with van der Waals surface area (Å²) in [6.45, 7) is 0.915. The summed E-state index contributed by atoms with van der Waals surface area (Å²) in [7, 11) is 0. The lowest BCUT2D eigenvalue weighted by molar-refractivity contribution is -0.146. The number of hydrogen-bond donors (Lipinski definition) is 0. The van der Waals surface area contributed by atoms with Gasteiger partial charge in [-0.1, -0.05) is 24.3 Å². The molecular weight excluding hydrogens is 278 g/mol. The maximum atomic E-state index is 12.3. The van der Waals surface area contributed by atoms with Crippen molar-refractivity contribution in [2.45, 2.75) is 37.6 Å². The Morgan fingerprint density at radius 1 is 1.41 bits per heavy atom. The number of rotatable bonds is 4. The zero-order chi connectivity index (χ0) is 15.0. The molecular formula is C17H19N3O2. The standard InChI is InChI=1S/C17H19N3O2/c21-16(22-9-8-20-12-18-11-19-20)15-10-17(15)7-3-5-13-4-1-2-6-14(13)17/h1-2,4,6,11-12,15H,3,5,7-10H2/t15-,17+/m0/s1. The van der Waals surface area contributed by atoms with E-state index in [0.29, 0.717) is 13.2 Å². The predicted octanol–water partition coefficient (Wildman–Crippen LogP) is 2.12. The molecule has 0 bridgehead atoms. The van der Waals surface area contributed by atoms with Gasteiger partial charge in [0.05, 0.1) is 12.5 Å². The summed E-state index contributed by atoms with van der Waals surface area (Å²) < 4.78 is 7.13. The van der Waals surface area contributed by atoms with Crippen LogP contribution in [0, 0.1) is 5.92 Å². The second kappa shape index (κ2) is 5.23. The van der Waals surface area contributed by atoms with Gasteiger partial charge in [0.25, 0.3) is 0 Å². The van der Waals surface area contributed by atoms with Gasteiger partial charge in [-0.2, -0.15) is 5.10 Å². The maximum Gasteiger partial charge on any atom is 0.309 e. The van der Waals surface area contributed by atoms with E-state index in [2.05, 4.69) is 34.3 Å². The smallest absolute Gasteiger partial charge is 0.309 e. The highest BCUT2D eigenvalue weighted by Gasteiger charge is 2.60. The minimum Gasteiger partial charge on any atom is -0.463 e. The van der Waals surface area contributed by atoms with E-state index >= 15 is 0 Å². The van der Waals surface area contributed by atoms with Crippen LogP contribution < -0.4 is 0 Å². The Kier molecular flexibility index (Phi) is 3.21. The van der Waals surface area contributed by atoms with Crippen molar-refractivity contribution in [2.75, 3.05) is 6.61 Å². The van der Waals surface area contributed by atoms with Crippen LogP contribution in [0.3, 0.4) is 0 Å². The number of carbonyl (C=O) groups is 1. The van der Waals surface area contributed by atoms with Crippen LogP contribution in [0.25, 0.3) is 0 Å². The number of aryl methyl sites for hydroxylation is 1. The molecule has 0 amide bonds. The summed E-state index contributed by atoms with van der Waals surface area (Å²) in [6, 6.07) is 8.56. The number of benzene rings is 1. The van der Waals surface area contributed by atoms with Crippen LogP contribution in [0.2, 0.25) is 0 Å². The van der Waals surface area contributed by atoms with Crippen LogP contribution in [0.4, 0.5) is 0 Å². The molecule has 2 aliphatic carbocycles. The van der Waals surface area contributed by atoms with Gasteiger partial charge >= 0.3 is 5.97 Å². The Morgan fingerprint density at radius 2 is 2.32 bits per heavy atom. The van der Waals surface area contributed by atoms with Crippen molar-refractivity contribution < 1.29 is 9.53 Å².